The molecule has 1 saturated heterocycles. The van der Waals surface area contributed by atoms with E-state index in [1.165, 1.54) is 25.7 Å². The summed E-state index contributed by atoms with van der Waals surface area (Å²) in [7, 11) is 1.73. The van der Waals surface area contributed by atoms with Gasteiger partial charge in [0.25, 0.3) is 0 Å². The van der Waals surface area contributed by atoms with Gasteiger partial charge in [0.1, 0.15) is 0 Å². The molecule has 1 atom stereocenters. The van der Waals surface area contributed by atoms with E-state index < -0.39 is 0 Å². The van der Waals surface area contributed by atoms with Crippen LogP contribution in [0.1, 0.15) is 37.7 Å². The molecule has 144 valence electrons. The van der Waals surface area contributed by atoms with Crippen LogP contribution >= 0.6 is 0 Å². The Morgan fingerprint density at radius 2 is 2.15 bits per heavy atom. The molecular formula is C21H29N5O. The lowest BCUT2D eigenvalue weighted by molar-refractivity contribution is -0.115. The molecule has 2 fully saturated rings. The Morgan fingerprint density at radius 3 is 2.89 bits per heavy atom. The normalized spacial score (nSPS) is 21.0. The van der Waals surface area contributed by atoms with Gasteiger partial charge in [-0.2, -0.15) is 0 Å². The second-order valence-corrected chi connectivity index (χ2v) is 7.26. The van der Waals surface area contributed by atoms with Crippen LogP contribution in [0, 0.1) is 12.3 Å². The Morgan fingerprint density at radius 1 is 1.33 bits per heavy atom. The minimum Gasteiger partial charge on any atom is -0.352 e. The van der Waals surface area contributed by atoms with Crippen LogP contribution < -0.4 is 16.0 Å². The number of carbonyl (C=O) groups is 1. The van der Waals surface area contributed by atoms with Gasteiger partial charge < -0.3 is 16.0 Å². The number of carbonyl (C=O) groups excluding carboxylic acids is 1. The second kappa shape index (κ2) is 9.43. The Bertz CT molecular complexity index is 718. The van der Waals surface area contributed by atoms with Crippen molar-refractivity contribution in [3.8, 4) is 12.3 Å². The van der Waals surface area contributed by atoms with Crippen LogP contribution in [0.15, 0.2) is 29.3 Å². The lowest BCUT2D eigenvalue weighted by Crippen LogP contribution is -2.47. The molecule has 1 unspecified atom stereocenters. The van der Waals surface area contributed by atoms with E-state index in [9.17, 15) is 4.79 Å². The van der Waals surface area contributed by atoms with Crippen molar-refractivity contribution in [3.05, 3.63) is 29.8 Å². The van der Waals surface area contributed by atoms with E-state index in [0.29, 0.717) is 17.7 Å². The van der Waals surface area contributed by atoms with Gasteiger partial charge >= 0.3 is 0 Å². The van der Waals surface area contributed by atoms with Crippen molar-refractivity contribution in [2.75, 3.05) is 32.0 Å². The molecule has 3 N–H and O–H groups in total. The molecule has 1 aliphatic carbocycles. The molecule has 2 aliphatic rings. The fraction of sp³-hybridized carbons (Fsp3) is 0.524. The Hall–Kier alpha value is -2.52. The molecule has 3 rings (SSSR count). The lowest BCUT2D eigenvalue weighted by atomic mass is 10.2. The standard InChI is InChI=1S/C21H29N5O/c1-3-16-7-6-8-17(13-16)24-20(27)14-23-21(22-2)25-18-11-12-26(15-18)19-9-4-5-10-19/h1,6-8,13,18-19H,4-5,9-12,14-15H2,2H3,(H,24,27)(H2,22,23,25). The Kier molecular flexibility index (Phi) is 6.72. The molecule has 6 nitrogen and oxygen atoms in total. The maximum absolute atomic E-state index is 12.2. The second-order valence-electron chi connectivity index (χ2n) is 7.26. The highest BCUT2D eigenvalue weighted by molar-refractivity contribution is 5.95. The summed E-state index contributed by atoms with van der Waals surface area (Å²) < 4.78 is 0. The third kappa shape index (κ3) is 5.48. The number of hydrogen-bond donors (Lipinski definition) is 3. The van der Waals surface area contributed by atoms with Crippen molar-refractivity contribution in [1.29, 1.82) is 0 Å². The number of rotatable bonds is 5. The number of amides is 1. The molecule has 1 amide bonds. The van der Waals surface area contributed by atoms with Crippen molar-refractivity contribution in [3.63, 3.8) is 0 Å². The minimum absolute atomic E-state index is 0.133. The quantitative estimate of drug-likeness (QED) is 0.422. The third-order valence-electron chi connectivity index (χ3n) is 5.35. The van der Waals surface area contributed by atoms with E-state index >= 15 is 0 Å². The monoisotopic (exact) mass is 367 g/mol. The zero-order valence-corrected chi connectivity index (χ0v) is 16.0. The Balaban J connectivity index is 1.42. The van der Waals surface area contributed by atoms with Crippen molar-refractivity contribution in [2.24, 2.45) is 4.99 Å². The van der Waals surface area contributed by atoms with Crippen LogP contribution in [0.4, 0.5) is 5.69 Å². The highest BCUT2D eigenvalue weighted by Crippen LogP contribution is 2.26. The molecule has 27 heavy (non-hydrogen) atoms. The average molecular weight is 367 g/mol. The maximum atomic E-state index is 12.2. The minimum atomic E-state index is -0.133. The average Bonchev–Trinajstić information content (AvgIpc) is 3.37. The fourth-order valence-electron chi connectivity index (χ4n) is 3.95. The Labute approximate surface area is 161 Å². The smallest absolute Gasteiger partial charge is 0.243 e. The van der Waals surface area contributed by atoms with Crippen LogP contribution in [0.2, 0.25) is 0 Å². The fourth-order valence-corrected chi connectivity index (χ4v) is 3.95. The van der Waals surface area contributed by atoms with Crippen molar-refractivity contribution < 1.29 is 4.79 Å². The number of nitrogens with zero attached hydrogens (tertiary/aromatic N) is 2. The first-order chi connectivity index (χ1) is 13.2. The van der Waals surface area contributed by atoms with Gasteiger partial charge in [-0.25, -0.2) is 0 Å². The molecule has 1 aliphatic heterocycles. The zero-order valence-electron chi connectivity index (χ0n) is 16.0. The van der Waals surface area contributed by atoms with Crippen molar-refractivity contribution in [2.45, 2.75) is 44.2 Å². The predicted molar refractivity (Wildman–Crippen MR) is 110 cm³/mol. The third-order valence-corrected chi connectivity index (χ3v) is 5.35. The maximum Gasteiger partial charge on any atom is 0.243 e. The van der Waals surface area contributed by atoms with Crippen molar-refractivity contribution >= 4 is 17.6 Å². The van der Waals surface area contributed by atoms with E-state index in [-0.39, 0.29) is 12.5 Å². The zero-order chi connectivity index (χ0) is 19.1. The lowest BCUT2D eigenvalue weighted by Gasteiger charge is -2.24. The first-order valence-electron chi connectivity index (χ1n) is 9.75. The number of hydrogen-bond acceptors (Lipinski definition) is 3. The number of likely N-dealkylation sites (tertiary alicyclic amines) is 1. The summed E-state index contributed by atoms with van der Waals surface area (Å²) >= 11 is 0. The molecule has 0 radical (unpaired) electrons. The van der Waals surface area contributed by atoms with E-state index in [1.807, 2.05) is 18.2 Å². The van der Waals surface area contributed by atoms with Crippen molar-refractivity contribution in [1.82, 2.24) is 15.5 Å². The van der Waals surface area contributed by atoms with Gasteiger partial charge in [0.05, 0.1) is 6.54 Å². The van der Waals surface area contributed by atoms with E-state index in [1.54, 1.807) is 13.1 Å². The largest absolute Gasteiger partial charge is 0.352 e. The van der Waals surface area contributed by atoms with Gasteiger partial charge in [-0.05, 0) is 37.5 Å². The van der Waals surface area contributed by atoms with Crippen LogP contribution in [-0.2, 0) is 4.79 Å². The van der Waals surface area contributed by atoms with E-state index in [0.717, 1.165) is 31.1 Å². The predicted octanol–water partition coefficient (Wildman–Crippen LogP) is 1.79. The molecule has 6 heteroatoms. The number of benzene rings is 1. The van der Waals surface area contributed by atoms with Crippen LogP contribution in [0.3, 0.4) is 0 Å². The SMILES string of the molecule is C#Cc1cccc(NC(=O)CNC(=NC)NC2CCN(C3CCCC3)C2)c1. The molecular weight excluding hydrogens is 338 g/mol. The highest BCUT2D eigenvalue weighted by atomic mass is 16.1. The summed E-state index contributed by atoms with van der Waals surface area (Å²) in [5, 5.41) is 9.39. The summed E-state index contributed by atoms with van der Waals surface area (Å²) in [4.78, 5) is 19.0. The van der Waals surface area contributed by atoms with Crippen LogP contribution in [-0.4, -0.2) is 55.5 Å². The molecule has 1 heterocycles. The number of anilines is 1. The summed E-state index contributed by atoms with van der Waals surface area (Å²) in [6.45, 7) is 2.35. The molecule has 1 aromatic rings. The van der Waals surface area contributed by atoms with Gasteiger partial charge in [-0.1, -0.05) is 24.8 Å². The van der Waals surface area contributed by atoms with Gasteiger partial charge in [0, 0.05) is 43.5 Å². The number of terminal acetylenes is 1. The first-order valence-corrected chi connectivity index (χ1v) is 9.75. The summed E-state index contributed by atoms with van der Waals surface area (Å²) in [6, 6.07) is 8.40. The van der Waals surface area contributed by atoms with E-state index in [2.05, 4.69) is 31.8 Å². The summed E-state index contributed by atoms with van der Waals surface area (Å²) in [6.07, 6.45) is 11.9. The molecule has 1 saturated carbocycles. The number of nitrogens with one attached hydrogen (secondary N) is 3. The number of aliphatic imine (C=N–C) groups is 1. The van der Waals surface area contributed by atoms with E-state index in [4.69, 9.17) is 6.42 Å². The van der Waals surface area contributed by atoms with Crippen LogP contribution in [0.5, 0.6) is 0 Å². The molecule has 0 aromatic heterocycles. The molecule has 0 bridgehead atoms. The topological polar surface area (TPSA) is 68.8 Å². The van der Waals surface area contributed by atoms with Gasteiger partial charge in [0.15, 0.2) is 5.96 Å². The molecule has 0 spiro atoms. The van der Waals surface area contributed by atoms with Gasteiger partial charge in [0.2, 0.25) is 5.91 Å². The first kappa shape index (κ1) is 19.2. The summed E-state index contributed by atoms with van der Waals surface area (Å²) in [5.41, 5.74) is 1.44. The number of guanidine groups is 1. The molecule has 1 aromatic carbocycles. The summed E-state index contributed by atoms with van der Waals surface area (Å²) in [5.74, 6) is 3.10. The van der Waals surface area contributed by atoms with Gasteiger partial charge in [-0.3, -0.25) is 14.7 Å². The highest BCUT2D eigenvalue weighted by Gasteiger charge is 2.30. The van der Waals surface area contributed by atoms with Crippen LogP contribution in [0.25, 0.3) is 0 Å². The van der Waals surface area contributed by atoms with Gasteiger partial charge in [-0.15, -0.1) is 6.42 Å².